The number of carbonyl (C=O) groups excluding carboxylic acids is 2. The average molecular weight is 428 g/mol. The Morgan fingerprint density at radius 1 is 1.23 bits per heavy atom. The van der Waals surface area contributed by atoms with E-state index in [2.05, 4.69) is 20.4 Å². The van der Waals surface area contributed by atoms with Crippen molar-refractivity contribution in [3.63, 3.8) is 0 Å². The van der Waals surface area contributed by atoms with Crippen molar-refractivity contribution >= 4 is 18.0 Å². The number of esters is 1. The average Bonchev–Trinajstić information content (AvgIpc) is 3.28. The van der Waals surface area contributed by atoms with Crippen LogP contribution in [-0.2, 0) is 9.53 Å². The normalized spacial score (nSPS) is 18.5. The van der Waals surface area contributed by atoms with E-state index in [9.17, 15) is 9.59 Å². The van der Waals surface area contributed by atoms with E-state index in [1.165, 1.54) is 13.2 Å². The molecule has 1 heterocycles. The molecule has 0 saturated heterocycles. The van der Waals surface area contributed by atoms with E-state index in [0.717, 1.165) is 31.2 Å². The smallest absolute Gasteiger partial charge is 0.360 e. The Morgan fingerprint density at radius 3 is 2.77 bits per heavy atom. The summed E-state index contributed by atoms with van der Waals surface area (Å²) in [6.07, 6.45) is 8.51. The zero-order valence-electron chi connectivity index (χ0n) is 18.0. The molecule has 9 heteroatoms. The molecule has 2 atom stereocenters. The Hall–Kier alpha value is -3.36. The summed E-state index contributed by atoms with van der Waals surface area (Å²) in [5, 5.41) is 11.0. The Balaban J connectivity index is 1.66. The number of hydrogen-bond acceptors (Lipinski definition) is 7. The van der Waals surface area contributed by atoms with E-state index in [4.69, 9.17) is 9.47 Å². The molecule has 2 aromatic rings. The second kappa shape index (κ2) is 10.6. The van der Waals surface area contributed by atoms with Gasteiger partial charge in [0, 0.05) is 6.08 Å². The van der Waals surface area contributed by atoms with Crippen molar-refractivity contribution in [2.24, 2.45) is 0 Å². The fourth-order valence-electron chi connectivity index (χ4n) is 3.70. The molecule has 1 aromatic heterocycles. The summed E-state index contributed by atoms with van der Waals surface area (Å²) in [6.45, 7) is 2.45. The first-order valence-corrected chi connectivity index (χ1v) is 10.3. The van der Waals surface area contributed by atoms with Gasteiger partial charge >= 0.3 is 5.97 Å². The van der Waals surface area contributed by atoms with E-state index < -0.39 is 5.97 Å². The molecule has 0 bridgehead atoms. The maximum atomic E-state index is 12.6. The van der Waals surface area contributed by atoms with Crippen molar-refractivity contribution in [1.29, 1.82) is 0 Å². The molecule has 0 spiro atoms. The Morgan fingerprint density at radius 2 is 2.03 bits per heavy atom. The van der Waals surface area contributed by atoms with Gasteiger partial charge in [-0.25, -0.2) is 9.48 Å². The highest BCUT2D eigenvalue weighted by atomic mass is 16.5. The van der Waals surface area contributed by atoms with Gasteiger partial charge in [0.15, 0.2) is 17.2 Å². The molecule has 9 nitrogen and oxygen atoms in total. The van der Waals surface area contributed by atoms with Crippen molar-refractivity contribution in [2.75, 3.05) is 20.8 Å². The second-order valence-corrected chi connectivity index (χ2v) is 7.22. The maximum Gasteiger partial charge on any atom is 0.360 e. The van der Waals surface area contributed by atoms with Crippen LogP contribution in [0, 0.1) is 0 Å². The molecule has 1 amide bonds. The van der Waals surface area contributed by atoms with Crippen LogP contribution >= 0.6 is 0 Å². The zero-order valence-corrected chi connectivity index (χ0v) is 18.0. The van der Waals surface area contributed by atoms with Crippen LogP contribution in [0.4, 0.5) is 0 Å². The molecule has 1 saturated carbocycles. The fraction of sp³-hybridized carbons (Fsp3) is 0.455. The highest BCUT2D eigenvalue weighted by Gasteiger charge is 2.29. The predicted molar refractivity (Wildman–Crippen MR) is 114 cm³/mol. The SMILES string of the molecule is CCOc1ccc(C=CC(=O)NC2CCCCC2n2cc(C(=O)OC)nn2)cc1OC. The molecule has 1 aromatic carbocycles. The summed E-state index contributed by atoms with van der Waals surface area (Å²) in [5.74, 6) is 0.551. The van der Waals surface area contributed by atoms with Gasteiger partial charge in [-0.2, -0.15) is 0 Å². The molecule has 0 aliphatic heterocycles. The summed E-state index contributed by atoms with van der Waals surface area (Å²) in [5.41, 5.74) is 0.983. The van der Waals surface area contributed by atoms with Crippen LogP contribution in [0.1, 0.15) is 54.7 Å². The Labute approximate surface area is 181 Å². The van der Waals surface area contributed by atoms with E-state index in [-0.39, 0.29) is 23.7 Å². The third-order valence-electron chi connectivity index (χ3n) is 5.22. The van der Waals surface area contributed by atoms with Crippen molar-refractivity contribution in [3.8, 4) is 11.5 Å². The quantitative estimate of drug-likeness (QED) is 0.509. The summed E-state index contributed by atoms with van der Waals surface area (Å²) >= 11 is 0. The first-order chi connectivity index (χ1) is 15.0. The molecule has 1 fully saturated rings. The van der Waals surface area contributed by atoms with Gasteiger partial charge in [0.1, 0.15) is 0 Å². The Kier molecular flexibility index (Phi) is 7.64. The van der Waals surface area contributed by atoms with Crippen LogP contribution < -0.4 is 14.8 Å². The molecule has 1 aliphatic rings. The van der Waals surface area contributed by atoms with E-state index in [1.54, 1.807) is 24.1 Å². The van der Waals surface area contributed by atoms with Crippen LogP contribution in [0.25, 0.3) is 6.08 Å². The zero-order chi connectivity index (χ0) is 22.2. The van der Waals surface area contributed by atoms with Gasteiger partial charge in [-0.15, -0.1) is 5.10 Å². The molecule has 31 heavy (non-hydrogen) atoms. The highest BCUT2D eigenvalue weighted by Crippen LogP contribution is 2.29. The van der Waals surface area contributed by atoms with Crippen LogP contribution in [-0.4, -0.2) is 53.7 Å². The molecule has 166 valence electrons. The van der Waals surface area contributed by atoms with Gasteiger partial charge in [0.2, 0.25) is 5.91 Å². The van der Waals surface area contributed by atoms with Gasteiger partial charge in [0.25, 0.3) is 0 Å². The largest absolute Gasteiger partial charge is 0.493 e. The lowest BCUT2D eigenvalue weighted by molar-refractivity contribution is -0.117. The van der Waals surface area contributed by atoms with Crippen molar-refractivity contribution in [2.45, 2.75) is 44.7 Å². The van der Waals surface area contributed by atoms with Gasteiger partial charge in [-0.3, -0.25) is 4.79 Å². The number of amides is 1. The monoisotopic (exact) mass is 428 g/mol. The predicted octanol–water partition coefficient (Wildman–Crippen LogP) is 2.79. The van der Waals surface area contributed by atoms with Crippen LogP contribution in [0.15, 0.2) is 30.5 Å². The number of nitrogens with zero attached hydrogens (tertiary/aromatic N) is 3. The highest BCUT2D eigenvalue weighted by molar-refractivity contribution is 5.92. The number of aromatic nitrogens is 3. The minimum Gasteiger partial charge on any atom is -0.493 e. The van der Waals surface area contributed by atoms with Crippen LogP contribution in [0.2, 0.25) is 0 Å². The minimum atomic E-state index is -0.531. The first-order valence-electron chi connectivity index (χ1n) is 10.3. The number of rotatable bonds is 8. The summed E-state index contributed by atoms with van der Waals surface area (Å²) in [6, 6.07) is 5.34. The lowest BCUT2D eigenvalue weighted by Gasteiger charge is -2.31. The second-order valence-electron chi connectivity index (χ2n) is 7.22. The third-order valence-corrected chi connectivity index (χ3v) is 5.22. The number of ether oxygens (including phenoxy) is 3. The Bertz CT molecular complexity index is 940. The molecule has 1 N–H and O–H groups in total. The number of carbonyl (C=O) groups is 2. The summed E-state index contributed by atoms with van der Waals surface area (Å²) < 4.78 is 17.2. The van der Waals surface area contributed by atoms with E-state index in [1.807, 2.05) is 25.1 Å². The first kappa shape index (κ1) is 22.3. The molecule has 1 aliphatic carbocycles. The van der Waals surface area contributed by atoms with Crippen LogP contribution in [0.5, 0.6) is 11.5 Å². The molecule has 2 unspecified atom stereocenters. The lowest BCUT2D eigenvalue weighted by atomic mass is 9.90. The van der Waals surface area contributed by atoms with Crippen LogP contribution in [0.3, 0.4) is 0 Å². The van der Waals surface area contributed by atoms with Gasteiger partial charge in [-0.1, -0.05) is 24.1 Å². The topological polar surface area (TPSA) is 105 Å². The van der Waals surface area contributed by atoms with Crippen molar-refractivity contribution in [1.82, 2.24) is 20.3 Å². The number of nitrogens with one attached hydrogen (secondary N) is 1. The number of hydrogen-bond donors (Lipinski definition) is 1. The standard InChI is InChI=1S/C22H28N4O5/c1-4-31-19-11-9-15(13-20(19)29-2)10-12-21(27)23-16-7-5-6-8-18(16)26-14-17(24-25-26)22(28)30-3/h9-14,16,18H,4-8H2,1-3H3,(H,23,27). The summed E-state index contributed by atoms with van der Waals surface area (Å²) in [7, 11) is 2.88. The molecule has 0 radical (unpaired) electrons. The minimum absolute atomic E-state index is 0.0671. The molecular formula is C22H28N4O5. The molecular weight excluding hydrogens is 400 g/mol. The molecule has 3 rings (SSSR count). The van der Waals surface area contributed by atoms with Gasteiger partial charge in [-0.05, 0) is 43.5 Å². The maximum absolute atomic E-state index is 12.6. The van der Waals surface area contributed by atoms with Crippen molar-refractivity contribution < 1.29 is 23.8 Å². The van der Waals surface area contributed by atoms with E-state index >= 15 is 0 Å². The third kappa shape index (κ3) is 5.62. The number of benzene rings is 1. The van der Waals surface area contributed by atoms with Gasteiger partial charge in [0.05, 0.1) is 39.1 Å². The van der Waals surface area contributed by atoms with Crippen molar-refractivity contribution in [3.05, 3.63) is 41.7 Å². The lowest BCUT2D eigenvalue weighted by Crippen LogP contribution is -2.42. The summed E-state index contributed by atoms with van der Waals surface area (Å²) in [4.78, 5) is 24.2. The number of methoxy groups -OCH3 is 2. The fourth-order valence-corrected chi connectivity index (χ4v) is 3.70. The van der Waals surface area contributed by atoms with Gasteiger partial charge < -0.3 is 19.5 Å². The van der Waals surface area contributed by atoms with E-state index in [0.29, 0.717) is 18.1 Å².